The molecule has 2 N–H and O–H groups in total. The Morgan fingerprint density at radius 1 is 0.958 bits per heavy atom. The average molecular weight is 342 g/mol. The number of hydrogen-bond donors (Lipinski definition) is 1. The van der Waals surface area contributed by atoms with Gasteiger partial charge in [-0.1, -0.05) is 48.5 Å². The van der Waals surface area contributed by atoms with E-state index in [0.29, 0.717) is 0 Å². The van der Waals surface area contributed by atoms with Gasteiger partial charge in [-0.3, -0.25) is 0 Å². The van der Waals surface area contributed by atoms with E-state index in [9.17, 15) is 0 Å². The van der Waals surface area contributed by atoms with Crippen LogP contribution >= 0.6 is 12.4 Å². The fraction of sp³-hybridized carbons (Fsp3) is 0.238. The fourth-order valence-corrected chi connectivity index (χ4v) is 2.99. The average Bonchev–Trinajstić information content (AvgIpc) is 2.54. The molecule has 0 fully saturated rings. The summed E-state index contributed by atoms with van der Waals surface area (Å²) < 4.78 is 6.33. The predicted molar refractivity (Wildman–Crippen MR) is 105 cm³/mol. The number of halogens is 1. The van der Waals surface area contributed by atoms with Gasteiger partial charge in [0.15, 0.2) is 0 Å². The molecule has 1 unspecified atom stereocenters. The van der Waals surface area contributed by atoms with Gasteiger partial charge >= 0.3 is 0 Å². The van der Waals surface area contributed by atoms with E-state index in [1.165, 1.54) is 16.5 Å². The normalized spacial score (nSPS) is 11.8. The van der Waals surface area contributed by atoms with Crippen LogP contribution in [-0.2, 0) is 6.42 Å². The summed E-state index contributed by atoms with van der Waals surface area (Å²) in [4.78, 5) is 0. The molecule has 0 aliphatic heterocycles. The molecule has 0 amide bonds. The molecule has 24 heavy (non-hydrogen) atoms. The van der Waals surface area contributed by atoms with Gasteiger partial charge in [0.1, 0.15) is 11.5 Å². The maximum Gasteiger partial charge on any atom is 0.135 e. The molecule has 0 spiro atoms. The van der Waals surface area contributed by atoms with E-state index in [2.05, 4.69) is 44.2 Å². The summed E-state index contributed by atoms with van der Waals surface area (Å²) in [5, 5.41) is 2.32. The van der Waals surface area contributed by atoms with Gasteiger partial charge in [0.2, 0.25) is 0 Å². The second-order valence-corrected chi connectivity index (χ2v) is 6.26. The standard InChI is InChI=1S/C21H23NO.ClH/c1-14-11-12-18(13-15(2)22)16(3)21(14)23-20-10-6-8-17-7-4-5-9-19(17)20;/h4-12,15H,13,22H2,1-3H3;1H. The van der Waals surface area contributed by atoms with Gasteiger partial charge in [-0.15, -0.1) is 12.4 Å². The van der Waals surface area contributed by atoms with Crippen molar-refractivity contribution < 1.29 is 4.74 Å². The van der Waals surface area contributed by atoms with E-state index in [1.54, 1.807) is 0 Å². The monoisotopic (exact) mass is 341 g/mol. The van der Waals surface area contributed by atoms with Crippen molar-refractivity contribution >= 4 is 23.2 Å². The minimum Gasteiger partial charge on any atom is -0.456 e. The number of rotatable bonds is 4. The van der Waals surface area contributed by atoms with Crippen LogP contribution in [0.2, 0.25) is 0 Å². The molecule has 0 aliphatic carbocycles. The summed E-state index contributed by atoms with van der Waals surface area (Å²) >= 11 is 0. The molecule has 0 aromatic heterocycles. The van der Waals surface area contributed by atoms with E-state index >= 15 is 0 Å². The molecule has 3 heteroatoms. The largest absolute Gasteiger partial charge is 0.456 e. The number of benzene rings is 3. The summed E-state index contributed by atoms with van der Waals surface area (Å²) in [6.45, 7) is 6.23. The first kappa shape index (κ1) is 18.3. The highest BCUT2D eigenvalue weighted by Crippen LogP contribution is 2.35. The topological polar surface area (TPSA) is 35.2 Å². The maximum absolute atomic E-state index is 6.33. The van der Waals surface area contributed by atoms with Crippen LogP contribution in [0.4, 0.5) is 0 Å². The molecule has 126 valence electrons. The van der Waals surface area contributed by atoms with Crippen molar-refractivity contribution in [2.45, 2.75) is 33.2 Å². The van der Waals surface area contributed by atoms with Crippen LogP contribution in [-0.4, -0.2) is 6.04 Å². The minimum absolute atomic E-state index is 0. The lowest BCUT2D eigenvalue weighted by atomic mass is 9.99. The van der Waals surface area contributed by atoms with Crippen LogP contribution in [0.3, 0.4) is 0 Å². The van der Waals surface area contributed by atoms with Crippen LogP contribution in [0.5, 0.6) is 11.5 Å². The Morgan fingerprint density at radius 2 is 1.67 bits per heavy atom. The molecule has 3 rings (SSSR count). The van der Waals surface area contributed by atoms with Gasteiger partial charge in [0.05, 0.1) is 0 Å². The smallest absolute Gasteiger partial charge is 0.135 e. The Kier molecular flexibility index (Phi) is 5.87. The lowest BCUT2D eigenvalue weighted by Crippen LogP contribution is -2.18. The maximum atomic E-state index is 6.33. The van der Waals surface area contributed by atoms with E-state index in [0.717, 1.165) is 28.9 Å². The third-order valence-corrected chi connectivity index (χ3v) is 4.22. The summed E-state index contributed by atoms with van der Waals surface area (Å²) in [6.07, 6.45) is 0.859. The van der Waals surface area contributed by atoms with Crippen molar-refractivity contribution in [3.8, 4) is 11.5 Å². The molecule has 0 heterocycles. The number of ether oxygens (including phenoxy) is 1. The second kappa shape index (κ2) is 7.69. The van der Waals surface area contributed by atoms with E-state index < -0.39 is 0 Å². The first-order chi connectivity index (χ1) is 11.1. The Labute approximate surface area is 150 Å². The molecule has 2 nitrogen and oxygen atoms in total. The third kappa shape index (κ3) is 3.72. The number of hydrogen-bond acceptors (Lipinski definition) is 2. The van der Waals surface area contributed by atoms with Crippen molar-refractivity contribution in [2.24, 2.45) is 5.73 Å². The highest BCUT2D eigenvalue weighted by Gasteiger charge is 2.12. The van der Waals surface area contributed by atoms with Crippen molar-refractivity contribution in [2.75, 3.05) is 0 Å². The number of aryl methyl sites for hydroxylation is 1. The van der Waals surface area contributed by atoms with E-state index in [-0.39, 0.29) is 18.4 Å². The van der Waals surface area contributed by atoms with Crippen LogP contribution in [0, 0.1) is 13.8 Å². The van der Waals surface area contributed by atoms with Crippen LogP contribution in [0.1, 0.15) is 23.6 Å². The second-order valence-electron chi connectivity index (χ2n) is 6.26. The molecule has 3 aromatic carbocycles. The molecule has 3 aromatic rings. The van der Waals surface area contributed by atoms with E-state index in [1.807, 2.05) is 31.2 Å². The van der Waals surface area contributed by atoms with Crippen LogP contribution in [0.25, 0.3) is 10.8 Å². The summed E-state index contributed by atoms with van der Waals surface area (Å²) in [6, 6.07) is 18.9. The molecule has 0 radical (unpaired) electrons. The zero-order valence-electron chi connectivity index (χ0n) is 14.4. The van der Waals surface area contributed by atoms with Crippen molar-refractivity contribution in [1.29, 1.82) is 0 Å². The first-order valence-corrected chi connectivity index (χ1v) is 8.06. The minimum atomic E-state index is 0. The van der Waals surface area contributed by atoms with Gasteiger partial charge in [-0.2, -0.15) is 0 Å². The molecular formula is C21H24ClNO. The zero-order chi connectivity index (χ0) is 16.4. The summed E-state index contributed by atoms with van der Waals surface area (Å²) in [7, 11) is 0. The molecule has 0 aliphatic rings. The fourth-order valence-electron chi connectivity index (χ4n) is 2.99. The van der Waals surface area contributed by atoms with Crippen LogP contribution < -0.4 is 10.5 Å². The lowest BCUT2D eigenvalue weighted by molar-refractivity contribution is 0.479. The quantitative estimate of drug-likeness (QED) is 0.674. The Morgan fingerprint density at radius 3 is 2.42 bits per heavy atom. The molecule has 0 saturated carbocycles. The van der Waals surface area contributed by atoms with Gasteiger partial charge in [-0.25, -0.2) is 0 Å². The van der Waals surface area contributed by atoms with Gasteiger partial charge in [-0.05, 0) is 55.3 Å². The van der Waals surface area contributed by atoms with Crippen molar-refractivity contribution in [3.63, 3.8) is 0 Å². The summed E-state index contributed by atoms with van der Waals surface area (Å²) in [5.74, 6) is 1.84. The molecular weight excluding hydrogens is 318 g/mol. The molecule has 1 atom stereocenters. The zero-order valence-corrected chi connectivity index (χ0v) is 15.2. The molecule has 0 bridgehead atoms. The van der Waals surface area contributed by atoms with Crippen molar-refractivity contribution in [1.82, 2.24) is 0 Å². The third-order valence-electron chi connectivity index (χ3n) is 4.22. The predicted octanol–water partition coefficient (Wildman–Crippen LogP) is 5.56. The van der Waals surface area contributed by atoms with Gasteiger partial charge in [0.25, 0.3) is 0 Å². The first-order valence-electron chi connectivity index (χ1n) is 8.06. The Hall–Kier alpha value is -2.03. The summed E-state index contributed by atoms with van der Waals surface area (Å²) in [5.41, 5.74) is 9.54. The van der Waals surface area contributed by atoms with E-state index in [4.69, 9.17) is 10.5 Å². The highest BCUT2D eigenvalue weighted by molar-refractivity contribution is 5.88. The highest BCUT2D eigenvalue weighted by atomic mass is 35.5. The van der Waals surface area contributed by atoms with Crippen molar-refractivity contribution in [3.05, 3.63) is 71.3 Å². The van der Waals surface area contributed by atoms with Crippen LogP contribution in [0.15, 0.2) is 54.6 Å². The Balaban J connectivity index is 0.00000208. The lowest BCUT2D eigenvalue weighted by Gasteiger charge is -2.17. The number of fused-ring (bicyclic) bond motifs is 1. The number of nitrogens with two attached hydrogens (primary N) is 1. The Bertz CT molecular complexity index is 837. The SMILES string of the molecule is Cc1ccc(CC(C)N)c(C)c1Oc1cccc2ccccc12.Cl. The van der Waals surface area contributed by atoms with Gasteiger partial charge in [0, 0.05) is 11.4 Å². The van der Waals surface area contributed by atoms with Gasteiger partial charge < -0.3 is 10.5 Å². The molecule has 0 saturated heterocycles.